The van der Waals surface area contributed by atoms with Gasteiger partial charge in [0.2, 0.25) is 11.8 Å². The predicted molar refractivity (Wildman–Crippen MR) is 148 cm³/mol. The molecular formula is C29H34FN5O5. The van der Waals surface area contributed by atoms with E-state index in [1.807, 2.05) is 6.07 Å². The molecule has 3 amide bonds. The van der Waals surface area contributed by atoms with E-state index in [9.17, 15) is 23.6 Å². The van der Waals surface area contributed by atoms with Gasteiger partial charge in [0.25, 0.3) is 5.56 Å². The molecule has 2 aromatic carbocycles. The number of hydrogen-bond acceptors (Lipinski definition) is 6. The highest BCUT2D eigenvalue weighted by molar-refractivity contribution is 5.91. The summed E-state index contributed by atoms with van der Waals surface area (Å²) in [4.78, 5) is 52.6. The van der Waals surface area contributed by atoms with Gasteiger partial charge in [0.15, 0.2) is 0 Å². The summed E-state index contributed by atoms with van der Waals surface area (Å²) >= 11 is 0. The van der Waals surface area contributed by atoms with Crippen LogP contribution < -0.4 is 10.9 Å². The summed E-state index contributed by atoms with van der Waals surface area (Å²) < 4.78 is 19.9. The highest BCUT2D eigenvalue weighted by Crippen LogP contribution is 2.22. The Bertz CT molecular complexity index is 1460. The molecule has 10 nitrogen and oxygen atoms in total. The zero-order valence-electron chi connectivity index (χ0n) is 23.0. The second-order valence-electron chi connectivity index (χ2n) is 10.8. The van der Waals surface area contributed by atoms with Gasteiger partial charge < -0.3 is 19.9 Å². The summed E-state index contributed by atoms with van der Waals surface area (Å²) in [6.07, 6.45) is 2.16. The molecule has 0 spiro atoms. The monoisotopic (exact) mass is 551 g/mol. The van der Waals surface area contributed by atoms with E-state index in [0.717, 1.165) is 11.1 Å². The molecule has 0 radical (unpaired) electrons. The quantitative estimate of drug-likeness (QED) is 0.460. The molecule has 0 saturated carbocycles. The van der Waals surface area contributed by atoms with Gasteiger partial charge in [-0.3, -0.25) is 14.4 Å². The van der Waals surface area contributed by atoms with Crippen molar-refractivity contribution in [1.82, 2.24) is 20.0 Å². The molecule has 1 saturated heterocycles. The average molecular weight is 552 g/mol. The molecule has 1 aromatic heterocycles. The minimum atomic E-state index is -0.578. The van der Waals surface area contributed by atoms with Crippen molar-refractivity contribution >= 4 is 34.4 Å². The summed E-state index contributed by atoms with van der Waals surface area (Å²) in [5.41, 5.74) is 0.803. The van der Waals surface area contributed by atoms with Crippen molar-refractivity contribution < 1.29 is 23.5 Å². The first kappa shape index (κ1) is 28.7. The van der Waals surface area contributed by atoms with Crippen LogP contribution >= 0.6 is 0 Å². The molecule has 1 aliphatic rings. The third-order valence-corrected chi connectivity index (χ3v) is 6.58. The second kappa shape index (κ2) is 12.3. The topological polar surface area (TPSA) is 125 Å². The molecular weight excluding hydrogens is 517 g/mol. The average Bonchev–Trinajstić information content (AvgIpc) is 2.90. The fraction of sp³-hybridized carbons (Fsp3) is 0.414. The van der Waals surface area contributed by atoms with Crippen molar-refractivity contribution in [2.24, 2.45) is 0 Å². The number of H-pyrrole nitrogens is 1. The Morgan fingerprint density at radius 2 is 1.75 bits per heavy atom. The highest BCUT2D eigenvalue weighted by atomic mass is 19.1. The summed E-state index contributed by atoms with van der Waals surface area (Å²) in [6, 6.07) is 9.86. The maximum atomic E-state index is 14.5. The molecule has 2 heterocycles. The number of carbonyl (C=O) groups excluding carboxylic acids is 3. The third kappa shape index (κ3) is 7.43. The van der Waals surface area contributed by atoms with Crippen molar-refractivity contribution in [3.05, 3.63) is 69.9 Å². The van der Waals surface area contributed by atoms with E-state index in [2.05, 4.69) is 15.5 Å². The van der Waals surface area contributed by atoms with E-state index in [1.54, 1.807) is 61.0 Å². The fourth-order valence-corrected chi connectivity index (χ4v) is 4.57. The summed E-state index contributed by atoms with van der Waals surface area (Å²) in [5.74, 6) is -1.04. The van der Waals surface area contributed by atoms with Crippen LogP contribution in [0.3, 0.4) is 0 Å². The molecule has 2 N–H and O–H groups in total. The molecule has 212 valence electrons. The van der Waals surface area contributed by atoms with Crippen LogP contribution in [0.25, 0.3) is 10.8 Å². The van der Waals surface area contributed by atoms with Gasteiger partial charge in [-0.2, -0.15) is 5.10 Å². The Balaban J connectivity index is 1.26. The molecule has 0 bridgehead atoms. The molecule has 11 heteroatoms. The molecule has 3 aromatic rings. The zero-order valence-corrected chi connectivity index (χ0v) is 23.0. The highest BCUT2D eigenvalue weighted by Gasteiger charge is 2.27. The maximum Gasteiger partial charge on any atom is 0.410 e. The number of amides is 3. The number of fused-ring (bicyclic) bond motifs is 1. The zero-order chi connectivity index (χ0) is 28.9. The predicted octanol–water partition coefficient (Wildman–Crippen LogP) is 3.84. The summed E-state index contributed by atoms with van der Waals surface area (Å²) in [5, 5.41) is 10.1. The lowest BCUT2D eigenvalue weighted by Gasteiger charge is -2.35. The van der Waals surface area contributed by atoms with Crippen LogP contribution in [0.1, 0.15) is 51.2 Å². The Labute approximate surface area is 231 Å². The second-order valence-corrected chi connectivity index (χ2v) is 10.8. The number of rotatable bonds is 7. The van der Waals surface area contributed by atoms with Crippen LogP contribution in [0.4, 0.5) is 14.9 Å². The molecule has 0 aliphatic carbocycles. The maximum absolute atomic E-state index is 14.5. The molecule has 4 rings (SSSR count). The number of hydrogen-bond donors (Lipinski definition) is 2. The van der Waals surface area contributed by atoms with Crippen LogP contribution in [0.15, 0.2) is 47.4 Å². The van der Waals surface area contributed by atoms with Crippen molar-refractivity contribution in [2.75, 3.05) is 31.5 Å². The third-order valence-electron chi connectivity index (χ3n) is 6.58. The largest absolute Gasteiger partial charge is 0.444 e. The van der Waals surface area contributed by atoms with E-state index < -0.39 is 17.5 Å². The van der Waals surface area contributed by atoms with Gasteiger partial charge in [0.1, 0.15) is 11.4 Å². The van der Waals surface area contributed by atoms with Crippen molar-refractivity contribution in [3.63, 3.8) is 0 Å². The van der Waals surface area contributed by atoms with Crippen molar-refractivity contribution in [1.29, 1.82) is 0 Å². The van der Waals surface area contributed by atoms with Gasteiger partial charge in [-0.25, -0.2) is 14.3 Å². The Hall–Kier alpha value is -4.28. The van der Waals surface area contributed by atoms with Gasteiger partial charge >= 0.3 is 6.09 Å². The molecule has 40 heavy (non-hydrogen) atoms. The van der Waals surface area contributed by atoms with Crippen molar-refractivity contribution in [2.45, 2.75) is 52.1 Å². The van der Waals surface area contributed by atoms with Gasteiger partial charge in [-0.1, -0.05) is 18.2 Å². The number of nitrogens with zero attached hydrogens (tertiary/aromatic N) is 3. The molecule has 0 atom stereocenters. The Kier molecular flexibility index (Phi) is 8.81. The number of anilines is 1. The van der Waals surface area contributed by atoms with Gasteiger partial charge in [0, 0.05) is 44.4 Å². The van der Waals surface area contributed by atoms with E-state index in [-0.39, 0.29) is 35.9 Å². The number of aromatic amines is 1. The Morgan fingerprint density at radius 3 is 2.48 bits per heavy atom. The van der Waals surface area contributed by atoms with E-state index in [1.165, 1.54) is 6.07 Å². The standard InChI is InChI=1S/C29H34FN5O5/c1-29(2,3)40-28(39)35-14-12-34(13-15-35)26(37)9-5-8-25(36)32-24-17-19(10-11-23(24)30)16-20-6-4-7-21-22(20)18-31-33-27(21)38/h4,6-7,10-11,17-18H,5,8-9,12-16H2,1-3H3,(H,32,36)(H,33,38). The lowest BCUT2D eigenvalue weighted by molar-refractivity contribution is -0.133. The normalized spacial score (nSPS) is 13.8. The minimum absolute atomic E-state index is 0.0586. The lowest BCUT2D eigenvalue weighted by Crippen LogP contribution is -2.51. The van der Waals surface area contributed by atoms with Gasteiger partial charge in [-0.05, 0) is 62.9 Å². The first-order valence-corrected chi connectivity index (χ1v) is 13.3. The van der Waals surface area contributed by atoms with E-state index in [4.69, 9.17) is 4.74 Å². The van der Waals surface area contributed by atoms with Crippen LogP contribution in [0.2, 0.25) is 0 Å². The van der Waals surface area contributed by atoms with E-state index in [0.29, 0.717) is 49.8 Å². The number of ether oxygens (including phenoxy) is 1. The van der Waals surface area contributed by atoms with Gasteiger partial charge in [-0.15, -0.1) is 0 Å². The SMILES string of the molecule is CC(C)(C)OC(=O)N1CCN(C(=O)CCCC(=O)Nc2cc(Cc3cccc4c(=O)[nH]ncc34)ccc2F)CC1. The van der Waals surface area contributed by atoms with Crippen molar-refractivity contribution in [3.8, 4) is 0 Å². The lowest BCUT2D eigenvalue weighted by atomic mass is 10.00. The van der Waals surface area contributed by atoms with Crippen LogP contribution in [-0.4, -0.2) is 69.7 Å². The Morgan fingerprint density at radius 1 is 1.02 bits per heavy atom. The van der Waals surface area contributed by atoms with Crippen LogP contribution in [0, 0.1) is 5.82 Å². The van der Waals surface area contributed by atoms with Gasteiger partial charge in [0.05, 0.1) is 17.3 Å². The molecule has 1 aliphatic heterocycles. The number of aromatic nitrogens is 2. The van der Waals surface area contributed by atoms with Crippen LogP contribution in [0.5, 0.6) is 0 Å². The first-order valence-electron chi connectivity index (χ1n) is 13.3. The molecule has 0 unspecified atom stereocenters. The number of piperazine rings is 1. The van der Waals surface area contributed by atoms with E-state index >= 15 is 0 Å². The minimum Gasteiger partial charge on any atom is -0.444 e. The number of benzene rings is 2. The fourth-order valence-electron chi connectivity index (χ4n) is 4.57. The summed E-state index contributed by atoms with van der Waals surface area (Å²) in [6.45, 7) is 7.01. The number of carbonyl (C=O) groups is 3. The van der Waals surface area contributed by atoms with Crippen LogP contribution in [-0.2, 0) is 20.7 Å². The number of halogens is 1. The number of nitrogens with one attached hydrogen (secondary N) is 2. The first-order chi connectivity index (χ1) is 19.0. The summed E-state index contributed by atoms with van der Waals surface area (Å²) in [7, 11) is 0. The molecule has 1 fully saturated rings. The smallest absolute Gasteiger partial charge is 0.410 e.